The van der Waals surface area contributed by atoms with Crippen molar-refractivity contribution in [1.82, 2.24) is 10.2 Å². The van der Waals surface area contributed by atoms with E-state index < -0.39 is 22.6 Å². The molecule has 0 spiro atoms. The lowest BCUT2D eigenvalue weighted by Crippen LogP contribution is -2.16. The summed E-state index contributed by atoms with van der Waals surface area (Å²) in [5, 5.41) is 25.6. The Morgan fingerprint density at radius 1 is 1.35 bits per heavy atom. The molecule has 4 N–H and O–H groups in total. The van der Waals surface area contributed by atoms with Crippen LogP contribution >= 0.6 is 0 Å². The number of benzene rings is 1. The lowest BCUT2D eigenvalue weighted by atomic mass is 10.2. The van der Waals surface area contributed by atoms with Gasteiger partial charge in [-0.2, -0.15) is 0 Å². The normalized spacial score (nSPS) is 10.3. The molecule has 1 heterocycles. The van der Waals surface area contributed by atoms with Gasteiger partial charge in [0, 0.05) is 6.42 Å². The van der Waals surface area contributed by atoms with Crippen molar-refractivity contribution in [3.63, 3.8) is 0 Å². The molecule has 0 aliphatic rings. The van der Waals surface area contributed by atoms with Crippen LogP contribution in [0, 0.1) is 10.1 Å². The summed E-state index contributed by atoms with van der Waals surface area (Å²) in [7, 11) is 0. The molecule has 2 aromatic rings. The molecule has 0 saturated heterocycles. The number of H-pyrrole nitrogens is 1. The van der Waals surface area contributed by atoms with Gasteiger partial charge in [-0.15, -0.1) is 5.10 Å². The first-order valence-electron chi connectivity index (χ1n) is 6.37. The molecule has 0 radical (unpaired) electrons. The van der Waals surface area contributed by atoms with Gasteiger partial charge in [-0.25, -0.2) is 4.79 Å². The zero-order valence-electron chi connectivity index (χ0n) is 11.7. The fourth-order valence-corrected chi connectivity index (χ4v) is 1.86. The Hall–Kier alpha value is -3.43. The van der Waals surface area contributed by atoms with Crippen LogP contribution in [0.4, 0.5) is 5.82 Å². The van der Waals surface area contributed by atoms with Gasteiger partial charge in [0.25, 0.3) is 5.91 Å². The van der Waals surface area contributed by atoms with Gasteiger partial charge in [0.05, 0.1) is 12.2 Å². The second-order valence-electron chi connectivity index (χ2n) is 4.45. The Morgan fingerprint density at radius 3 is 2.57 bits per heavy atom. The smallest absolute Gasteiger partial charge is 0.355 e. The van der Waals surface area contributed by atoms with E-state index in [0.717, 1.165) is 0 Å². The average Bonchev–Trinajstić information content (AvgIpc) is 2.92. The number of carbonyl (C=O) groups is 2. The molecule has 23 heavy (non-hydrogen) atoms. The van der Waals surface area contributed by atoms with Crippen molar-refractivity contribution < 1.29 is 24.4 Å². The number of aromatic hydroxyl groups is 1. The average molecular weight is 320 g/mol. The first kappa shape index (κ1) is 15.9. The number of aromatic amines is 1. The third-order valence-electron chi connectivity index (χ3n) is 2.93. The van der Waals surface area contributed by atoms with Crippen LogP contribution in [-0.4, -0.2) is 38.7 Å². The van der Waals surface area contributed by atoms with Gasteiger partial charge in [-0.05, 0) is 29.2 Å². The van der Waals surface area contributed by atoms with E-state index in [1.54, 1.807) is 0 Å². The quantitative estimate of drug-likeness (QED) is 0.397. The molecule has 0 fully saturated rings. The number of phenolic OH excluding ortho intramolecular Hbond substituents is 1. The number of aromatic nitrogens is 2. The van der Waals surface area contributed by atoms with Crippen molar-refractivity contribution in [3.05, 3.63) is 51.2 Å². The minimum Gasteiger partial charge on any atom is -0.508 e. The second kappa shape index (κ2) is 6.56. The maximum absolute atomic E-state index is 11.7. The largest absolute Gasteiger partial charge is 0.508 e. The number of carbonyl (C=O) groups excluding carboxylic acids is 2. The molecule has 0 aliphatic heterocycles. The molecule has 0 unspecified atom stereocenters. The van der Waals surface area contributed by atoms with Crippen molar-refractivity contribution in [2.75, 3.05) is 6.61 Å². The predicted octanol–water partition coefficient (Wildman–Crippen LogP) is 0.522. The maximum atomic E-state index is 11.7. The van der Waals surface area contributed by atoms with E-state index in [0.29, 0.717) is 0 Å². The van der Waals surface area contributed by atoms with Crippen LogP contribution in [0.2, 0.25) is 0 Å². The van der Waals surface area contributed by atoms with Crippen molar-refractivity contribution in [3.8, 4) is 5.75 Å². The molecule has 0 aliphatic carbocycles. The van der Waals surface area contributed by atoms with Crippen LogP contribution in [-0.2, 0) is 11.2 Å². The van der Waals surface area contributed by atoms with Gasteiger partial charge < -0.3 is 25.7 Å². The summed E-state index contributed by atoms with van der Waals surface area (Å²) in [6.07, 6.45) is -0.0214. The fraction of sp³-hybridized carbons (Fsp3) is 0.154. The number of esters is 1. The van der Waals surface area contributed by atoms with E-state index >= 15 is 0 Å². The van der Waals surface area contributed by atoms with E-state index in [4.69, 9.17) is 15.6 Å². The van der Waals surface area contributed by atoms with Crippen LogP contribution in [0.25, 0.3) is 0 Å². The summed E-state index contributed by atoms with van der Waals surface area (Å²) >= 11 is 0. The zero-order chi connectivity index (χ0) is 17.0. The Kier molecular flexibility index (Phi) is 4.55. The number of amides is 1. The van der Waals surface area contributed by atoms with Gasteiger partial charge in [-0.1, -0.05) is 5.10 Å². The molecule has 2 rings (SSSR count). The Bertz CT molecular complexity index is 752. The van der Waals surface area contributed by atoms with Gasteiger partial charge in [0.1, 0.15) is 11.4 Å². The molecule has 10 heteroatoms. The maximum Gasteiger partial charge on any atom is 0.355 e. The molecule has 1 amide bonds. The number of hydrogen-bond donors (Lipinski definition) is 3. The fourth-order valence-electron chi connectivity index (χ4n) is 1.86. The monoisotopic (exact) mass is 320 g/mol. The van der Waals surface area contributed by atoms with Gasteiger partial charge in [-0.3, -0.25) is 4.79 Å². The van der Waals surface area contributed by atoms with Crippen LogP contribution in [0.1, 0.15) is 26.4 Å². The number of nitro groups is 1. The highest BCUT2D eigenvalue weighted by molar-refractivity contribution is 5.97. The second-order valence-corrected chi connectivity index (χ2v) is 4.45. The van der Waals surface area contributed by atoms with Crippen LogP contribution in [0.3, 0.4) is 0 Å². The molecule has 1 aromatic carbocycles. The minimum atomic E-state index is -0.995. The van der Waals surface area contributed by atoms with Crippen LogP contribution < -0.4 is 5.73 Å². The molecular weight excluding hydrogens is 308 g/mol. The molecule has 10 nitrogen and oxygen atoms in total. The highest BCUT2D eigenvalue weighted by atomic mass is 16.6. The predicted molar refractivity (Wildman–Crippen MR) is 75.9 cm³/mol. The van der Waals surface area contributed by atoms with Gasteiger partial charge >= 0.3 is 11.8 Å². The topological polar surface area (TPSA) is 161 Å². The molecule has 120 valence electrons. The van der Waals surface area contributed by atoms with Crippen molar-refractivity contribution in [1.29, 1.82) is 0 Å². The van der Waals surface area contributed by atoms with E-state index in [-0.39, 0.29) is 35.6 Å². The first-order chi connectivity index (χ1) is 10.9. The number of primary amides is 1. The van der Waals surface area contributed by atoms with Crippen molar-refractivity contribution in [2.45, 2.75) is 6.42 Å². The van der Waals surface area contributed by atoms with Crippen LogP contribution in [0.5, 0.6) is 5.75 Å². The Morgan fingerprint density at radius 2 is 2.00 bits per heavy atom. The molecule has 1 aromatic heterocycles. The number of nitrogens with one attached hydrogen (secondary N) is 1. The van der Waals surface area contributed by atoms with Crippen molar-refractivity contribution in [2.24, 2.45) is 5.73 Å². The van der Waals surface area contributed by atoms with Gasteiger partial charge in [0.15, 0.2) is 5.56 Å². The van der Waals surface area contributed by atoms with E-state index in [2.05, 4.69) is 10.2 Å². The SMILES string of the molecule is NC(=O)c1c(CCOC(=O)c2ccc(O)cc2)n[nH]c1[N+](=O)[O-]. The molecule has 0 bridgehead atoms. The number of rotatable bonds is 6. The van der Waals surface area contributed by atoms with E-state index in [1.165, 1.54) is 24.3 Å². The number of phenols is 1. The summed E-state index contributed by atoms with van der Waals surface area (Å²) in [4.78, 5) is 33.0. The Labute approximate surface area is 129 Å². The number of ether oxygens (including phenoxy) is 1. The summed E-state index contributed by atoms with van der Waals surface area (Å²) in [6.45, 7) is -0.151. The van der Waals surface area contributed by atoms with Crippen molar-refractivity contribution >= 4 is 17.7 Å². The Balaban J connectivity index is 2.01. The highest BCUT2D eigenvalue weighted by Crippen LogP contribution is 2.19. The number of nitrogens with zero attached hydrogens (tertiary/aromatic N) is 2. The lowest BCUT2D eigenvalue weighted by Gasteiger charge is -2.04. The summed E-state index contributed by atoms with van der Waals surface area (Å²) in [5.41, 5.74) is 5.03. The molecular formula is C13H12N4O6. The van der Waals surface area contributed by atoms with E-state index in [9.17, 15) is 19.7 Å². The first-order valence-corrected chi connectivity index (χ1v) is 6.37. The van der Waals surface area contributed by atoms with Crippen LogP contribution in [0.15, 0.2) is 24.3 Å². The van der Waals surface area contributed by atoms with Gasteiger partial charge in [0.2, 0.25) is 0 Å². The summed E-state index contributed by atoms with van der Waals surface area (Å²) in [6, 6.07) is 5.43. The molecule has 0 atom stereocenters. The molecule has 0 saturated carbocycles. The summed E-state index contributed by atoms with van der Waals surface area (Å²) in [5.74, 6) is -2.23. The highest BCUT2D eigenvalue weighted by Gasteiger charge is 2.26. The standard InChI is InChI=1S/C13H12N4O6/c14-11(19)10-9(15-16-12(10)17(21)22)5-6-23-13(20)7-1-3-8(18)4-2-7/h1-4,18H,5-6H2,(H2,14,19)(H,15,16). The van der Waals surface area contributed by atoms with E-state index in [1.807, 2.05) is 0 Å². The third kappa shape index (κ3) is 3.61. The summed E-state index contributed by atoms with van der Waals surface area (Å²) < 4.78 is 4.98. The zero-order valence-corrected chi connectivity index (χ0v) is 11.7. The number of nitrogens with two attached hydrogens (primary N) is 1. The minimum absolute atomic E-state index is 0.0106. The third-order valence-corrected chi connectivity index (χ3v) is 2.93. The number of hydrogen-bond acceptors (Lipinski definition) is 7. The lowest BCUT2D eigenvalue weighted by molar-refractivity contribution is -0.389.